The Morgan fingerprint density at radius 2 is 2.12 bits per heavy atom. The van der Waals surface area contributed by atoms with E-state index in [4.69, 9.17) is 0 Å². The van der Waals surface area contributed by atoms with Crippen LogP contribution in [0.3, 0.4) is 0 Å². The number of hydrogen-bond acceptors (Lipinski definition) is 5. The van der Waals surface area contributed by atoms with Gasteiger partial charge < -0.3 is 15.5 Å². The Kier molecular flexibility index (Phi) is 6.43. The second-order valence-corrected chi connectivity index (χ2v) is 10.2. The predicted molar refractivity (Wildman–Crippen MR) is 123 cm³/mol. The molecule has 2 aromatic rings. The molecule has 4 rings (SSSR count). The third-order valence-corrected chi connectivity index (χ3v) is 7.77. The molecular formula is C22H23FN4O3S2. The van der Waals surface area contributed by atoms with E-state index in [9.17, 15) is 18.2 Å². The summed E-state index contributed by atoms with van der Waals surface area (Å²) in [5.41, 5.74) is 2.17. The third-order valence-electron chi connectivity index (χ3n) is 5.39. The molecule has 10 heteroatoms. The first-order valence-electron chi connectivity index (χ1n) is 10.1. The molecule has 7 nitrogen and oxygen atoms in total. The molecule has 0 bridgehead atoms. The van der Waals surface area contributed by atoms with Crippen molar-refractivity contribution < 1.29 is 18.2 Å². The van der Waals surface area contributed by atoms with Gasteiger partial charge in [-0.15, -0.1) is 11.3 Å². The Bertz CT molecular complexity index is 1160. The highest BCUT2D eigenvalue weighted by atomic mass is 32.2. The smallest absolute Gasteiger partial charge is 0.331 e. The highest BCUT2D eigenvalue weighted by molar-refractivity contribution is 7.86. The van der Waals surface area contributed by atoms with Crippen LogP contribution in [-0.2, 0) is 17.4 Å². The predicted octanol–water partition coefficient (Wildman–Crippen LogP) is 3.47. The van der Waals surface area contributed by atoms with Crippen molar-refractivity contribution in [2.45, 2.75) is 30.0 Å². The molecule has 3 amide bonds. The number of carbonyl (C=O) groups excluding carboxylic acids is 2. The topological polar surface area (TPSA) is 90.5 Å². The van der Waals surface area contributed by atoms with Crippen molar-refractivity contribution in [3.63, 3.8) is 0 Å². The summed E-state index contributed by atoms with van der Waals surface area (Å²) in [6, 6.07) is 5.81. The van der Waals surface area contributed by atoms with Gasteiger partial charge in [-0.25, -0.2) is 13.4 Å². The zero-order valence-electron chi connectivity index (χ0n) is 17.6. The lowest BCUT2D eigenvalue weighted by molar-refractivity contribution is 0.0695. The van der Waals surface area contributed by atoms with Crippen LogP contribution < -0.4 is 15.4 Å². The zero-order chi connectivity index (χ0) is 22.8. The number of hydrogen-bond donors (Lipinski definition) is 3. The van der Waals surface area contributed by atoms with Crippen molar-refractivity contribution in [3.8, 4) is 0 Å². The SMILES string of the molecule is CNc1cc2c(cc1F)C(=O)N(C1C=CC(NC(=O)NS(=O)c3ccc(C)s3)=CC1)CC2. The largest absolute Gasteiger partial charge is 0.386 e. The Morgan fingerprint density at radius 1 is 1.31 bits per heavy atom. The summed E-state index contributed by atoms with van der Waals surface area (Å²) in [6.45, 7) is 2.44. The van der Waals surface area contributed by atoms with Gasteiger partial charge in [-0.1, -0.05) is 12.2 Å². The third kappa shape index (κ3) is 4.61. The van der Waals surface area contributed by atoms with E-state index in [0.717, 1.165) is 10.4 Å². The van der Waals surface area contributed by atoms with E-state index >= 15 is 0 Å². The minimum atomic E-state index is -1.62. The van der Waals surface area contributed by atoms with Gasteiger partial charge in [-0.2, -0.15) is 0 Å². The lowest BCUT2D eigenvalue weighted by Gasteiger charge is -2.35. The lowest BCUT2D eigenvalue weighted by Crippen LogP contribution is -2.44. The maximum absolute atomic E-state index is 14.2. The average Bonchev–Trinajstić information content (AvgIpc) is 3.21. The monoisotopic (exact) mass is 474 g/mol. The minimum absolute atomic E-state index is 0.181. The van der Waals surface area contributed by atoms with Gasteiger partial charge in [-0.05, 0) is 55.7 Å². The number of urea groups is 1. The summed E-state index contributed by atoms with van der Waals surface area (Å²) in [5, 5.41) is 5.47. The number of anilines is 1. The van der Waals surface area contributed by atoms with Crippen LogP contribution in [0.15, 0.2) is 52.4 Å². The molecule has 168 valence electrons. The molecule has 2 aliphatic rings. The van der Waals surface area contributed by atoms with Crippen molar-refractivity contribution in [2.75, 3.05) is 18.9 Å². The molecule has 2 atom stereocenters. The fourth-order valence-corrected chi connectivity index (χ4v) is 5.69. The highest BCUT2D eigenvalue weighted by Gasteiger charge is 2.30. The van der Waals surface area contributed by atoms with Gasteiger partial charge in [0.2, 0.25) is 0 Å². The Labute approximate surface area is 192 Å². The van der Waals surface area contributed by atoms with Crippen molar-refractivity contribution in [1.29, 1.82) is 0 Å². The zero-order valence-corrected chi connectivity index (χ0v) is 19.2. The van der Waals surface area contributed by atoms with Gasteiger partial charge in [0.1, 0.15) is 10.0 Å². The molecule has 32 heavy (non-hydrogen) atoms. The number of amides is 3. The molecule has 1 aromatic carbocycles. The first-order valence-corrected chi connectivity index (χ1v) is 12.1. The summed E-state index contributed by atoms with van der Waals surface area (Å²) in [6.07, 6.45) is 6.54. The normalized spacial score (nSPS) is 18.6. The number of nitrogens with one attached hydrogen (secondary N) is 3. The Balaban J connectivity index is 1.36. The summed E-state index contributed by atoms with van der Waals surface area (Å²) >= 11 is 1.36. The van der Waals surface area contributed by atoms with Crippen LogP contribution in [-0.4, -0.2) is 40.7 Å². The molecule has 1 aromatic heterocycles. The molecule has 2 heterocycles. The number of benzene rings is 1. The molecular weight excluding hydrogens is 451 g/mol. The van der Waals surface area contributed by atoms with Crippen molar-refractivity contribution >= 4 is 39.9 Å². The number of allylic oxidation sites excluding steroid dienone is 1. The molecule has 0 spiro atoms. The van der Waals surface area contributed by atoms with Gasteiger partial charge >= 0.3 is 6.03 Å². The summed E-state index contributed by atoms with van der Waals surface area (Å²) in [5.74, 6) is -0.653. The fourth-order valence-electron chi connectivity index (χ4n) is 3.76. The van der Waals surface area contributed by atoms with Gasteiger partial charge in [-0.3, -0.25) is 9.52 Å². The van der Waals surface area contributed by atoms with Crippen LogP contribution in [0.4, 0.5) is 14.9 Å². The molecule has 0 saturated heterocycles. The molecule has 2 unspecified atom stereocenters. The summed E-state index contributed by atoms with van der Waals surface area (Å²) < 4.78 is 29.4. The number of carbonyl (C=O) groups is 2. The van der Waals surface area contributed by atoms with Crippen molar-refractivity contribution in [1.82, 2.24) is 14.9 Å². The maximum Gasteiger partial charge on any atom is 0.331 e. The number of rotatable bonds is 5. The first kappa shape index (κ1) is 22.2. The number of thiophene rings is 1. The van der Waals surface area contributed by atoms with Crippen LogP contribution in [0.25, 0.3) is 0 Å². The lowest BCUT2D eigenvalue weighted by atomic mass is 9.95. The minimum Gasteiger partial charge on any atom is -0.386 e. The van der Waals surface area contributed by atoms with E-state index in [1.54, 1.807) is 30.2 Å². The van der Waals surface area contributed by atoms with E-state index in [2.05, 4.69) is 15.4 Å². The first-order chi connectivity index (χ1) is 15.4. The summed E-state index contributed by atoms with van der Waals surface area (Å²) in [7, 11) is 0.0254. The molecule has 0 saturated carbocycles. The van der Waals surface area contributed by atoms with Gasteiger partial charge in [0.15, 0.2) is 11.0 Å². The number of halogens is 1. The van der Waals surface area contributed by atoms with Crippen molar-refractivity contribution in [2.24, 2.45) is 0 Å². The molecule has 1 aliphatic carbocycles. The van der Waals surface area contributed by atoms with E-state index in [0.29, 0.717) is 40.5 Å². The van der Waals surface area contributed by atoms with E-state index in [1.165, 1.54) is 17.4 Å². The van der Waals surface area contributed by atoms with Gasteiger partial charge in [0, 0.05) is 29.7 Å². The van der Waals surface area contributed by atoms with Crippen molar-refractivity contribution in [3.05, 3.63) is 70.0 Å². The highest BCUT2D eigenvalue weighted by Crippen LogP contribution is 2.28. The maximum atomic E-state index is 14.2. The van der Waals surface area contributed by atoms with Crippen LogP contribution in [0.5, 0.6) is 0 Å². The van der Waals surface area contributed by atoms with Crippen LogP contribution in [0.1, 0.15) is 27.2 Å². The molecule has 3 N–H and O–H groups in total. The standard InChI is InChI=1S/C22H23FN4O3S2/c1-13-3-8-20(31-13)32(30)26-22(29)25-15-4-6-16(7-5-15)27-10-9-14-11-19(24-2)18(23)12-17(14)21(27)28/h3-6,8,11-12,16,24H,7,9-10H2,1-2H3,(H2,25,26,29). The second kappa shape index (κ2) is 9.25. The number of nitrogens with zero attached hydrogens (tertiary/aromatic N) is 1. The molecule has 1 aliphatic heterocycles. The van der Waals surface area contributed by atoms with Crippen LogP contribution in [0.2, 0.25) is 0 Å². The quantitative estimate of drug-likeness (QED) is 0.619. The molecule has 0 fully saturated rings. The summed E-state index contributed by atoms with van der Waals surface area (Å²) in [4.78, 5) is 27.9. The van der Waals surface area contributed by atoms with E-state index in [1.807, 2.05) is 25.1 Å². The van der Waals surface area contributed by atoms with E-state index < -0.39 is 22.8 Å². The Hall–Kier alpha value is -2.98. The van der Waals surface area contributed by atoms with E-state index in [-0.39, 0.29) is 11.9 Å². The van der Waals surface area contributed by atoms with Crippen LogP contribution >= 0.6 is 11.3 Å². The second-order valence-electron chi connectivity index (χ2n) is 7.50. The number of aryl methyl sites for hydroxylation is 1. The number of fused-ring (bicyclic) bond motifs is 1. The molecule has 0 radical (unpaired) electrons. The Morgan fingerprint density at radius 3 is 2.78 bits per heavy atom. The van der Waals surface area contributed by atoms with Gasteiger partial charge in [0.05, 0.1) is 11.7 Å². The van der Waals surface area contributed by atoms with Crippen LogP contribution in [0, 0.1) is 12.7 Å². The van der Waals surface area contributed by atoms with Gasteiger partial charge in [0.25, 0.3) is 5.91 Å². The fraction of sp³-hybridized carbons (Fsp3) is 0.273. The average molecular weight is 475 g/mol.